The molecule has 1 amide bonds. The van der Waals surface area contributed by atoms with Crippen molar-refractivity contribution in [2.75, 3.05) is 22.5 Å². The van der Waals surface area contributed by atoms with Crippen LogP contribution in [0, 0.1) is 18.8 Å². The molecule has 2 aromatic carbocycles. The molecule has 0 radical (unpaired) electrons. The summed E-state index contributed by atoms with van der Waals surface area (Å²) in [6, 6.07) is 16.2. The molecule has 2 atom stereocenters. The first-order valence-corrected chi connectivity index (χ1v) is 10.9. The maximum Gasteiger partial charge on any atom is 0.231 e. The molecule has 1 heterocycles. The average molecular weight is 422 g/mol. The van der Waals surface area contributed by atoms with Gasteiger partial charge in [-0.25, -0.2) is 8.42 Å². The number of rotatable bonds is 5. The van der Waals surface area contributed by atoms with Gasteiger partial charge in [0.15, 0.2) is 9.84 Å². The van der Waals surface area contributed by atoms with Crippen molar-refractivity contribution in [2.24, 2.45) is 11.8 Å². The highest BCUT2D eigenvalue weighted by molar-refractivity contribution is 9.09. The van der Waals surface area contributed by atoms with Gasteiger partial charge >= 0.3 is 0 Å². The van der Waals surface area contributed by atoms with E-state index in [1.807, 2.05) is 37.3 Å². The monoisotopic (exact) mass is 421 g/mol. The lowest BCUT2D eigenvalue weighted by Gasteiger charge is -2.16. The van der Waals surface area contributed by atoms with Crippen molar-refractivity contribution in [1.82, 2.24) is 0 Å². The number of sulfone groups is 1. The van der Waals surface area contributed by atoms with Gasteiger partial charge in [-0.1, -0.05) is 51.8 Å². The van der Waals surface area contributed by atoms with E-state index in [0.717, 1.165) is 11.3 Å². The second kappa shape index (κ2) is 7.30. The topological polar surface area (TPSA) is 54.5 Å². The molecule has 0 saturated carbocycles. The summed E-state index contributed by atoms with van der Waals surface area (Å²) in [5, 5.41) is 0.593. The van der Waals surface area contributed by atoms with Crippen LogP contribution in [0.2, 0.25) is 0 Å². The smallest absolute Gasteiger partial charge is 0.231 e. The predicted octanol–water partition coefficient (Wildman–Crippen LogP) is 3.44. The molecular weight excluding hydrogens is 402 g/mol. The van der Waals surface area contributed by atoms with Gasteiger partial charge in [0.05, 0.1) is 16.6 Å². The number of carbonyl (C=O) groups excluding carboxylic acids is 1. The van der Waals surface area contributed by atoms with Crippen LogP contribution in [0.4, 0.5) is 5.69 Å². The Kier molecular flexibility index (Phi) is 5.29. The highest BCUT2D eigenvalue weighted by Gasteiger charge is 2.42. The van der Waals surface area contributed by atoms with E-state index in [1.54, 1.807) is 29.2 Å². The Balaban J connectivity index is 1.85. The summed E-state index contributed by atoms with van der Waals surface area (Å²) in [6.45, 7) is 2.44. The lowest BCUT2D eigenvalue weighted by atomic mass is 10.00. The number of hydrogen-bond donors (Lipinski definition) is 0. The number of alkyl halides is 1. The van der Waals surface area contributed by atoms with Gasteiger partial charge in [0.25, 0.3) is 0 Å². The first kappa shape index (κ1) is 18.1. The van der Waals surface area contributed by atoms with Crippen LogP contribution in [0.1, 0.15) is 5.56 Å². The molecule has 2 aromatic rings. The molecular formula is C19H20BrNO3S. The van der Waals surface area contributed by atoms with E-state index in [4.69, 9.17) is 0 Å². The van der Waals surface area contributed by atoms with Crippen molar-refractivity contribution in [3.63, 3.8) is 0 Å². The van der Waals surface area contributed by atoms with Crippen molar-refractivity contribution in [2.45, 2.75) is 11.8 Å². The molecule has 1 aliphatic rings. The first-order valence-electron chi connectivity index (χ1n) is 8.14. The number of aryl methyl sites for hydroxylation is 1. The molecule has 0 aliphatic carbocycles. The number of amides is 1. The number of anilines is 1. The number of nitrogens with zero attached hydrogens (tertiary/aromatic N) is 1. The van der Waals surface area contributed by atoms with E-state index >= 15 is 0 Å². The number of carbonyl (C=O) groups is 1. The Morgan fingerprint density at radius 1 is 1.08 bits per heavy atom. The molecule has 1 aliphatic heterocycles. The maximum absolute atomic E-state index is 12.9. The molecule has 0 unspecified atom stereocenters. The second-order valence-electron chi connectivity index (χ2n) is 6.40. The molecule has 0 N–H and O–H groups in total. The van der Waals surface area contributed by atoms with Gasteiger partial charge < -0.3 is 4.90 Å². The lowest BCUT2D eigenvalue weighted by Crippen LogP contribution is -2.30. The second-order valence-corrected chi connectivity index (χ2v) is 9.08. The Labute approximate surface area is 156 Å². The zero-order valence-corrected chi connectivity index (χ0v) is 16.3. The largest absolute Gasteiger partial charge is 0.312 e. The van der Waals surface area contributed by atoms with Crippen molar-refractivity contribution in [1.29, 1.82) is 0 Å². The van der Waals surface area contributed by atoms with Crippen molar-refractivity contribution >= 4 is 37.4 Å². The average Bonchev–Trinajstić information content (AvgIpc) is 2.92. The standard InChI is InChI=1S/C19H20BrNO3S/c1-14-7-9-17(10-8-14)25(23,24)13-18-15(11-20)12-21(19(18)22)16-5-3-2-4-6-16/h2-10,15,18H,11-13H2,1H3/t15-,18-/m0/s1. The van der Waals surface area contributed by atoms with E-state index in [0.29, 0.717) is 11.9 Å². The third-order valence-electron chi connectivity index (χ3n) is 4.61. The maximum atomic E-state index is 12.9. The normalized spacial score (nSPS) is 20.9. The van der Waals surface area contributed by atoms with E-state index in [-0.39, 0.29) is 22.5 Å². The molecule has 1 fully saturated rings. The van der Waals surface area contributed by atoms with Crippen molar-refractivity contribution in [3.05, 3.63) is 60.2 Å². The molecule has 4 nitrogen and oxygen atoms in total. The molecule has 0 bridgehead atoms. The Morgan fingerprint density at radius 2 is 1.72 bits per heavy atom. The minimum absolute atomic E-state index is 0.0343. The van der Waals surface area contributed by atoms with Crippen LogP contribution in [0.25, 0.3) is 0 Å². The van der Waals surface area contributed by atoms with Crippen LogP contribution in [0.3, 0.4) is 0 Å². The van der Waals surface area contributed by atoms with Gasteiger partial charge in [0.1, 0.15) is 0 Å². The molecule has 6 heteroatoms. The summed E-state index contributed by atoms with van der Waals surface area (Å²) in [5.41, 5.74) is 1.82. The zero-order valence-electron chi connectivity index (χ0n) is 13.9. The molecule has 3 rings (SSSR count). The van der Waals surface area contributed by atoms with Gasteiger partial charge in [-0.15, -0.1) is 0 Å². The minimum Gasteiger partial charge on any atom is -0.312 e. The van der Waals surface area contributed by atoms with Gasteiger partial charge in [-0.2, -0.15) is 0 Å². The number of benzene rings is 2. The van der Waals surface area contributed by atoms with Crippen LogP contribution in [0.5, 0.6) is 0 Å². The van der Waals surface area contributed by atoms with Crippen LogP contribution in [-0.4, -0.2) is 32.0 Å². The number of hydrogen-bond acceptors (Lipinski definition) is 3. The van der Waals surface area contributed by atoms with Gasteiger partial charge in [-0.3, -0.25) is 4.79 Å². The molecule has 25 heavy (non-hydrogen) atoms. The fraction of sp³-hybridized carbons (Fsp3) is 0.316. The highest BCUT2D eigenvalue weighted by Crippen LogP contribution is 2.32. The van der Waals surface area contributed by atoms with E-state index < -0.39 is 15.8 Å². The number of halogens is 1. The van der Waals surface area contributed by atoms with Gasteiger partial charge in [0, 0.05) is 17.6 Å². The third-order valence-corrected chi connectivity index (χ3v) is 7.23. The highest BCUT2D eigenvalue weighted by atomic mass is 79.9. The first-order chi connectivity index (χ1) is 11.9. The molecule has 0 aromatic heterocycles. The van der Waals surface area contributed by atoms with E-state index in [9.17, 15) is 13.2 Å². The SMILES string of the molecule is Cc1ccc(S(=O)(=O)C[C@@H]2C(=O)N(c3ccccc3)C[C@@H]2CBr)cc1. The Bertz CT molecular complexity index is 850. The zero-order chi connectivity index (χ0) is 18.0. The van der Waals surface area contributed by atoms with E-state index in [1.165, 1.54) is 0 Å². The van der Waals surface area contributed by atoms with Crippen LogP contribution in [0.15, 0.2) is 59.5 Å². The lowest BCUT2D eigenvalue weighted by molar-refractivity contribution is -0.120. The van der Waals surface area contributed by atoms with Gasteiger partial charge in [-0.05, 0) is 37.1 Å². The summed E-state index contributed by atoms with van der Waals surface area (Å²) in [4.78, 5) is 14.9. The van der Waals surface area contributed by atoms with Crippen LogP contribution < -0.4 is 4.90 Å². The van der Waals surface area contributed by atoms with E-state index in [2.05, 4.69) is 15.9 Å². The molecule has 0 spiro atoms. The Morgan fingerprint density at radius 3 is 2.32 bits per heavy atom. The fourth-order valence-electron chi connectivity index (χ4n) is 3.14. The summed E-state index contributed by atoms with van der Waals surface area (Å²) >= 11 is 3.44. The Hall–Kier alpha value is -1.66. The summed E-state index contributed by atoms with van der Waals surface area (Å²) in [6.07, 6.45) is 0. The predicted molar refractivity (Wildman–Crippen MR) is 103 cm³/mol. The summed E-state index contributed by atoms with van der Waals surface area (Å²) in [7, 11) is -3.51. The third kappa shape index (κ3) is 3.80. The number of para-hydroxylation sites is 1. The van der Waals surface area contributed by atoms with Crippen molar-refractivity contribution in [3.8, 4) is 0 Å². The van der Waals surface area contributed by atoms with Crippen LogP contribution >= 0.6 is 15.9 Å². The van der Waals surface area contributed by atoms with Gasteiger partial charge in [0.2, 0.25) is 5.91 Å². The summed E-state index contributed by atoms with van der Waals surface area (Å²) < 4.78 is 25.5. The quantitative estimate of drug-likeness (QED) is 0.694. The molecule has 1 saturated heterocycles. The fourth-order valence-corrected chi connectivity index (χ4v) is 5.42. The summed E-state index contributed by atoms with van der Waals surface area (Å²) in [5.74, 6) is -0.848. The minimum atomic E-state index is -3.51. The molecule has 132 valence electrons. The van der Waals surface area contributed by atoms with Crippen LogP contribution in [-0.2, 0) is 14.6 Å². The van der Waals surface area contributed by atoms with Crippen molar-refractivity contribution < 1.29 is 13.2 Å².